The van der Waals surface area contributed by atoms with Gasteiger partial charge in [-0.3, -0.25) is 19.3 Å². The zero-order valence-electron chi connectivity index (χ0n) is 13.9. The van der Waals surface area contributed by atoms with Gasteiger partial charge in [-0.2, -0.15) is 0 Å². The number of hydrogen-bond donors (Lipinski definition) is 3. The Bertz CT molecular complexity index is 587. The molecule has 8 heteroatoms. The van der Waals surface area contributed by atoms with Crippen LogP contribution < -0.4 is 10.6 Å². The highest BCUT2D eigenvalue weighted by atomic mass is 16.5. The average molecular weight is 349 g/mol. The summed E-state index contributed by atoms with van der Waals surface area (Å²) in [4.78, 5) is 37.1. The molecule has 1 atom stereocenters. The van der Waals surface area contributed by atoms with E-state index >= 15 is 0 Å². The van der Waals surface area contributed by atoms with Gasteiger partial charge in [0.15, 0.2) is 0 Å². The highest BCUT2D eigenvalue weighted by Crippen LogP contribution is 2.04. The summed E-state index contributed by atoms with van der Waals surface area (Å²) < 4.78 is 5.24. The maximum atomic E-state index is 12.3. The fourth-order valence-electron chi connectivity index (χ4n) is 2.55. The van der Waals surface area contributed by atoms with Gasteiger partial charge in [0.05, 0.1) is 19.8 Å². The van der Waals surface area contributed by atoms with Gasteiger partial charge in [-0.1, -0.05) is 30.3 Å². The minimum atomic E-state index is -1.13. The number of carbonyl (C=O) groups is 3. The summed E-state index contributed by atoms with van der Waals surface area (Å²) in [6, 6.07) is 8.43. The molecular weight excluding hydrogens is 326 g/mol. The van der Waals surface area contributed by atoms with Crippen LogP contribution in [0, 0.1) is 0 Å². The number of hydrogen-bond acceptors (Lipinski definition) is 5. The molecule has 0 saturated carbocycles. The first-order valence-corrected chi connectivity index (χ1v) is 8.17. The van der Waals surface area contributed by atoms with Gasteiger partial charge in [0, 0.05) is 19.5 Å². The van der Waals surface area contributed by atoms with E-state index in [4.69, 9.17) is 9.84 Å². The first kappa shape index (κ1) is 18.9. The van der Waals surface area contributed by atoms with E-state index in [1.165, 1.54) is 0 Å². The number of morpholine rings is 1. The Morgan fingerprint density at radius 1 is 1.16 bits per heavy atom. The number of rotatable bonds is 8. The van der Waals surface area contributed by atoms with Crippen LogP contribution in [0.1, 0.15) is 5.56 Å². The standard InChI is InChI=1S/C17H23N3O5/c21-15(12-20-6-8-25-9-7-20)19-14(17(24)18-11-16(22)23)10-13-4-2-1-3-5-13/h1-5,14H,6-12H2,(H,18,24)(H,19,21)(H,22,23)/t14-/m0/s1. The van der Waals surface area contributed by atoms with Gasteiger partial charge in [-0.05, 0) is 5.56 Å². The molecule has 1 aromatic carbocycles. The Labute approximate surface area is 146 Å². The van der Waals surface area contributed by atoms with Crippen molar-refractivity contribution < 1.29 is 24.2 Å². The Hall–Kier alpha value is -2.45. The van der Waals surface area contributed by atoms with E-state index in [-0.39, 0.29) is 12.5 Å². The number of carbonyl (C=O) groups excluding carboxylic acids is 2. The number of aliphatic carboxylic acids is 1. The van der Waals surface area contributed by atoms with Gasteiger partial charge >= 0.3 is 5.97 Å². The lowest BCUT2D eigenvalue weighted by Gasteiger charge is -2.27. The molecule has 8 nitrogen and oxygen atoms in total. The maximum absolute atomic E-state index is 12.3. The second kappa shape index (κ2) is 9.75. The molecule has 136 valence electrons. The van der Waals surface area contributed by atoms with Gasteiger partial charge in [-0.25, -0.2) is 0 Å². The van der Waals surface area contributed by atoms with E-state index < -0.39 is 24.5 Å². The number of nitrogens with one attached hydrogen (secondary N) is 2. The predicted octanol–water partition coefficient (Wildman–Crippen LogP) is -0.753. The van der Waals surface area contributed by atoms with Crippen molar-refractivity contribution in [1.29, 1.82) is 0 Å². The number of benzene rings is 1. The first-order chi connectivity index (χ1) is 12.0. The second-order valence-corrected chi connectivity index (χ2v) is 5.81. The Morgan fingerprint density at radius 3 is 2.48 bits per heavy atom. The Balaban J connectivity index is 1.95. The molecule has 1 fully saturated rings. The fourth-order valence-corrected chi connectivity index (χ4v) is 2.55. The van der Waals surface area contributed by atoms with Crippen molar-refractivity contribution in [3.63, 3.8) is 0 Å². The summed E-state index contributed by atoms with van der Waals surface area (Å²) in [7, 11) is 0. The van der Waals surface area contributed by atoms with Gasteiger partial charge in [0.2, 0.25) is 11.8 Å². The zero-order chi connectivity index (χ0) is 18.1. The lowest BCUT2D eigenvalue weighted by atomic mass is 10.1. The summed E-state index contributed by atoms with van der Waals surface area (Å²) in [6.45, 7) is 2.20. The first-order valence-electron chi connectivity index (χ1n) is 8.17. The normalized spacial score (nSPS) is 16.0. The monoisotopic (exact) mass is 349 g/mol. The summed E-state index contributed by atoms with van der Waals surface area (Å²) in [5, 5.41) is 13.7. The third kappa shape index (κ3) is 6.90. The lowest BCUT2D eigenvalue weighted by Crippen LogP contribution is -2.52. The van der Waals surface area contributed by atoms with Crippen molar-refractivity contribution in [2.75, 3.05) is 39.4 Å². The van der Waals surface area contributed by atoms with Crippen molar-refractivity contribution in [2.45, 2.75) is 12.5 Å². The van der Waals surface area contributed by atoms with E-state index in [0.717, 1.165) is 5.56 Å². The van der Waals surface area contributed by atoms with Crippen LogP contribution in [0.2, 0.25) is 0 Å². The molecular formula is C17H23N3O5. The zero-order valence-corrected chi connectivity index (χ0v) is 13.9. The SMILES string of the molecule is O=C(O)CNC(=O)[C@H](Cc1ccccc1)NC(=O)CN1CCOCC1. The van der Waals surface area contributed by atoms with Crippen LogP contribution in [0.5, 0.6) is 0 Å². The van der Waals surface area contributed by atoms with Gasteiger partial charge in [-0.15, -0.1) is 0 Å². The highest BCUT2D eigenvalue weighted by Gasteiger charge is 2.23. The van der Waals surface area contributed by atoms with Crippen molar-refractivity contribution in [3.8, 4) is 0 Å². The molecule has 2 amide bonds. The molecule has 1 saturated heterocycles. The molecule has 0 radical (unpaired) electrons. The molecule has 1 heterocycles. The van der Waals surface area contributed by atoms with Crippen LogP contribution in [-0.4, -0.2) is 73.2 Å². The van der Waals surface area contributed by atoms with E-state index in [1.807, 2.05) is 35.2 Å². The molecule has 0 spiro atoms. The Morgan fingerprint density at radius 2 is 1.84 bits per heavy atom. The molecule has 1 aliphatic rings. The predicted molar refractivity (Wildman–Crippen MR) is 90.0 cm³/mol. The van der Waals surface area contributed by atoms with Crippen LogP contribution in [0.3, 0.4) is 0 Å². The topological polar surface area (TPSA) is 108 Å². The highest BCUT2D eigenvalue weighted by molar-refractivity contribution is 5.90. The fraction of sp³-hybridized carbons (Fsp3) is 0.471. The molecule has 1 aliphatic heterocycles. The van der Waals surface area contributed by atoms with E-state index in [2.05, 4.69) is 10.6 Å². The van der Waals surface area contributed by atoms with Gasteiger partial charge in [0.25, 0.3) is 0 Å². The van der Waals surface area contributed by atoms with Crippen molar-refractivity contribution in [2.24, 2.45) is 0 Å². The lowest BCUT2D eigenvalue weighted by molar-refractivity contribution is -0.138. The molecule has 1 aromatic rings. The van der Waals surface area contributed by atoms with Crippen molar-refractivity contribution in [3.05, 3.63) is 35.9 Å². The summed E-state index contributed by atoms with van der Waals surface area (Å²) in [5.41, 5.74) is 0.879. The molecule has 3 N–H and O–H groups in total. The smallest absolute Gasteiger partial charge is 0.322 e. The van der Waals surface area contributed by atoms with Crippen LogP contribution >= 0.6 is 0 Å². The molecule has 0 unspecified atom stereocenters. The minimum absolute atomic E-state index is 0.181. The van der Waals surface area contributed by atoms with E-state index in [0.29, 0.717) is 32.7 Å². The molecule has 0 aromatic heterocycles. The Kier molecular flexibility index (Phi) is 7.36. The number of carboxylic acid groups (broad SMARTS) is 1. The third-order valence-corrected chi connectivity index (χ3v) is 3.82. The van der Waals surface area contributed by atoms with Gasteiger partial charge in [0.1, 0.15) is 12.6 Å². The number of nitrogens with zero attached hydrogens (tertiary/aromatic N) is 1. The van der Waals surface area contributed by atoms with E-state index in [1.54, 1.807) is 0 Å². The third-order valence-electron chi connectivity index (χ3n) is 3.82. The molecule has 2 rings (SSSR count). The van der Waals surface area contributed by atoms with Crippen molar-refractivity contribution >= 4 is 17.8 Å². The van der Waals surface area contributed by atoms with Crippen LogP contribution in [-0.2, 0) is 25.5 Å². The van der Waals surface area contributed by atoms with Crippen LogP contribution in [0.15, 0.2) is 30.3 Å². The maximum Gasteiger partial charge on any atom is 0.322 e. The second-order valence-electron chi connectivity index (χ2n) is 5.81. The average Bonchev–Trinajstić information content (AvgIpc) is 2.60. The quantitative estimate of drug-likeness (QED) is 0.570. The van der Waals surface area contributed by atoms with Gasteiger partial charge < -0.3 is 20.5 Å². The van der Waals surface area contributed by atoms with Crippen LogP contribution in [0.25, 0.3) is 0 Å². The molecule has 0 aliphatic carbocycles. The largest absolute Gasteiger partial charge is 0.480 e. The number of ether oxygens (including phenoxy) is 1. The summed E-state index contributed by atoms with van der Waals surface area (Å²) in [6.07, 6.45) is 0.293. The molecule has 0 bridgehead atoms. The summed E-state index contributed by atoms with van der Waals surface area (Å²) >= 11 is 0. The van der Waals surface area contributed by atoms with Crippen LogP contribution in [0.4, 0.5) is 0 Å². The van der Waals surface area contributed by atoms with Crippen molar-refractivity contribution in [1.82, 2.24) is 15.5 Å². The number of carboxylic acids is 1. The minimum Gasteiger partial charge on any atom is -0.480 e. The molecule has 25 heavy (non-hydrogen) atoms. The van der Waals surface area contributed by atoms with E-state index in [9.17, 15) is 14.4 Å². The number of amides is 2. The summed E-state index contributed by atoms with van der Waals surface area (Å²) in [5.74, 6) is -1.92.